The minimum absolute atomic E-state index is 0.165. The molecule has 9 nitrogen and oxygen atoms in total. The molecule has 0 bridgehead atoms. The zero-order chi connectivity index (χ0) is 38.7. The summed E-state index contributed by atoms with van der Waals surface area (Å²) in [5, 5.41) is 0. The van der Waals surface area contributed by atoms with Gasteiger partial charge in [0.2, 0.25) is 0 Å². The summed E-state index contributed by atoms with van der Waals surface area (Å²) in [4.78, 5) is 42.8. The maximum atomic E-state index is 12.4. The van der Waals surface area contributed by atoms with Crippen molar-refractivity contribution in [3.05, 3.63) is 85.1 Å². The van der Waals surface area contributed by atoms with Gasteiger partial charge >= 0.3 is 19.8 Å². The normalized spacial score (nSPS) is 17.2. The summed E-state index contributed by atoms with van der Waals surface area (Å²) in [6, 6.07) is 0. The number of rotatable bonds is 34. The third-order valence-electron chi connectivity index (χ3n) is 8.32. The second-order valence-corrected chi connectivity index (χ2v) is 14.5. The first-order chi connectivity index (χ1) is 25.7. The molecule has 0 aromatic rings. The number of hydrogen-bond acceptors (Lipinski definition) is 7. The van der Waals surface area contributed by atoms with Crippen molar-refractivity contribution in [3.8, 4) is 0 Å². The molecule has 2 N–H and O–H groups in total. The molecule has 0 aliphatic carbocycles. The SMILES string of the molecule is CC/C=C\C/C=C\C/C=C\C/C=C\CCCCCCC(=O)O[C@H](COC(=O)CCC/C=C\C/C=C\C/C=C\CC1OC1CCCCC)COP(=O)(O)O. The molecule has 1 fully saturated rings. The summed E-state index contributed by atoms with van der Waals surface area (Å²) in [7, 11) is -4.78. The van der Waals surface area contributed by atoms with E-state index in [0.717, 1.165) is 70.6 Å². The average Bonchev–Trinajstić information content (AvgIpc) is 3.88. The van der Waals surface area contributed by atoms with Gasteiger partial charge in [-0.15, -0.1) is 0 Å². The highest BCUT2D eigenvalue weighted by atomic mass is 31.2. The van der Waals surface area contributed by atoms with Gasteiger partial charge in [0.15, 0.2) is 6.10 Å². The zero-order valence-corrected chi connectivity index (χ0v) is 33.5. The van der Waals surface area contributed by atoms with Gasteiger partial charge in [-0.25, -0.2) is 4.57 Å². The van der Waals surface area contributed by atoms with E-state index in [0.29, 0.717) is 31.5 Å². The number of carbonyl (C=O) groups is 2. The lowest BCUT2D eigenvalue weighted by molar-refractivity contribution is -0.161. The van der Waals surface area contributed by atoms with Crippen LogP contribution in [-0.2, 0) is 32.9 Å². The molecule has 1 heterocycles. The summed E-state index contributed by atoms with van der Waals surface area (Å²) in [6.45, 7) is 3.45. The maximum Gasteiger partial charge on any atom is 0.469 e. The molecule has 1 aliphatic rings. The highest BCUT2D eigenvalue weighted by Crippen LogP contribution is 2.36. The van der Waals surface area contributed by atoms with Crippen LogP contribution in [0.3, 0.4) is 0 Å². The summed E-state index contributed by atoms with van der Waals surface area (Å²) >= 11 is 0. The zero-order valence-electron chi connectivity index (χ0n) is 32.6. The van der Waals surface area contributed by atoms with Gasteiger partial charge in [0.25, 0.3) is 0 Å². The van der Waals surface area contributed by atoms with E-state index in [1.54, 1.807) is 0 Å². The number of hydrogen-bond donors (Lipinski definition) is 2. The van der Waals surface area contributed by atoms with Crippen LogP contribution in [0.1, 0.15) is 142 Å². The summed E-state index contributed by atoms with van der Waals surface area (Å²) in [5.41, 5.74) is 0. The second-order valence-electron chi connectivity index (χ2n) is 13.3. The summed E-state index contributed by atoms with van der Waals surface area (Å²) in [6.07, 6.45) is 47.7. The van der Waals surface area contributed by atoms with Crippen LogP contribution in [0.4, 0.5) is 0 Å². The molecule has 10 heteroatoms. The third-order valence-corrected chi connectivity index (χ3v) is 8.81. The van der Waals surface area contributed by atoms with Crippen molar-refractivity contribution in [2.75, 3.05) is 13.2 Å². The topological polar surface area (TPSA) is 132 Å². The monoisotopic (exact) mass is 760 g/mol. The molecule has 53 heavy (non-hydrogen) atoms. The first kappa shape index (κ1) is 48.2. The molecule has 0 amide bonds. The number of esters is 2. The summed E-state index contributed by atoms with van der Waals surface area (Å²) in [5.74, 6) is -0.992. The fraction of sp³-hybridized carbons (Fsp3) is 0.628. The van der Waals surface area contributed by atoms with Gasteiger partial charge in [-0.2, -0.15) is 0 Å². The first-order valence-corrected chi connectivity index (χ1v) is 21.5. The Hall–Kier alpha value is -2.81. The van der Waals surface area contributed by atoms with Crippen LogP contribution in [0.25, 0.3) is 0 Å². The van der Waals surface area contributed by atoms with Crippen molar-refractivity contribution in [3.63, 3.8) is 0 Å². The Morgan fingerprint density at radius 1 is 0.623 bits per heavy atom. The number of phosphoric ester groups is 1. The van der Waals surface area contributed by atoms with Crippen LogP contribution in [0.2, 0.25) is 0 Å². The number of carbonyl (C=O) groups excluding carboxylic acids is 2. The Balaban J connectivity index is 2.14. The van der Waals surface area contributed by atoms with Crippen LogP contribution in [0.5, 0.6) is 0 Å². The highest BCUT2D eigenvalue weighted by molar-refractivity contribution is 7.46. The van der Waals surface area contributed by atoms with Gasteiger partial charge in [-0.3, -0.25) is 14.1 Å². The molecule has 1 saturated heterocycles. The van der Waals surface area contributed by atoms with E-state index in [1.807, 2.05) is 6.08 Å². The molecular formula is C43H69O9P. The highest BCUT2D eigenvalue weighted by Gasteiger charge is 2.36. The van der Waals surface area contributed by atoms with Gasteiger partial charge in [0, 0.05) is 12.8 Å². The maximum absolute atomic E-state index is 12.4. The van der Waals surface area contributed by atoms with Crippen molar-refractivity contribution in [1.29, 1.82) is 0 Å². The van der Waals surface area contributed by atoms with Crippen molar-refractivity contribution < 1.29 is 42.7 Å². The van der Waals surface area contributed by atoms with Crippen LogP contribution in [0.15, 0.2) is 85.1 Å². The van der Waals surface area contributed by atoms with E-state index in [1.165, 1.54) is 25.7 Å². The first-order valence-electron chi connectivity index (χ1n) is 20.0. The van der Waals surface area contributed by atoms with E-state index in [9.17, 15) is 14.2 Å². The van der Waals surface area contributed by atoms with Gasteiger partial charge in [-0.1, -0.05) is 131 Å². The molecule has 0 saturated carbocycles. The predicted octanol–water partition coefficient (Wildman–Crippen LogP) is 11.1. The Labute approximate surface area is 320 Å². The van der Waals surface area contributed by atoms with Crippen LogP contribution < -0.4 is 0 Å². The quantitative estimate of drug-likeness (QED) is 0.0216. The molecule has 2 unspecified atom stereocenters. The van der Waals surface area contributed by atoms with Gasteiger partial charge < -0.3 is 24.0 Å². The summed E-state index contributed by atoms with van der Waals surface area (Å²) < 4.78 is 32.0. The van der Waals surface area contributed by atoms with Gasteiger partial charge in [0.1, 0.15) is 6.61 Å². The third kappa shape index (κ3) is 33.5. The van der Waals surface area contributed by atoms with Crippen molar-refractivity contribution >= 4 is 19.8 Å². The smallest absolute Gasteiger partial charge is 0.462 e. The predicted molar refractivity (Wildman–Crippen MR) is 215 cm³/mol. The number of phosphoric acid groups is 1. The number of allylic oxidation sites excluding steroid dienone is 13. The lowest BCUT2D eigenvalue weighted by Crippen LogP contribution is -2.29. The van der Waals surface area contributed by atoms with Crippen LogP contribution in [-0.4, -0.2) is 53.3 Å². The largest absolute Gasteiger partial charge is 0.469 e. The van der Waals surface area contributed by atoms with Crippen LogP contribution >= 0.6 is 7.82 Å². The Bertz CT molecular complexity index is 1190. The van der Waals surface area contributed by atoms with Crippen molar-refractivity contribution in [2.24, 2.45) is 0 Å². The molecule has 0 aromatic heterocycles. The number of ether oxygens (including phenoxy) is 3. The van der Waals surface area contributed by atoms with Crippen molar-refractivity contribution in [1.82, 2.24) is 0 Å². The fourth-order valence-electron chi connectivity index (χ4n) is 5.27. The Morgan fingerprint density at radius 3 is 1.77 bits per heavy atom. The molecular weight excluding hydrogens is 691 g/mol. The fourth-order valence-corrected chi connectivity index (χ4v) is 5.63. The number of epoxide rings is 1. The number of unbranched alkanes of at least 4 members (excludes halogenated alkanes) is 7. The Morgan fingerprint density at radius 2 is 1.17 bits per heavy atom. The minimum atomic E-state index is -4.78. The molecule has 0 radical (unpaired) electrons. The molecule has 1 rings (SSSR count). The Kier molecular flexibility index (Phi) is 30.7. The molecule has 300 valence electrons. The van der Waals surface area contributed by atoms with Crippen molar-refractivity contribution in [2.45, 2.75) is 161 Å². The lowest BCUT2D eigenvalue weighted by atomic mass is 10.1. The standard InChI is InChI=1S/C43H69O9P/c1-3-5-7-8-9-10-11-12-13-14-15-16-17-22-25-28-32-36-43(45)51-39(38-50-53(46,47)48)37-49-42(44)35-31-27-24-21-19-18-20-23-26-30-34-41-40(52-41)33-29-6-4-2/h5,7,9-10,12-13,15-16,18,20-21,24,26,30,39-41H,3-4,6,8,11,14,17,19,22-23,25,27-29,31-38H2,1-2H3,(H2,46,47,48)/b7-5-,10-9-,13-12-,16-15-,20-18-,24-21-,30-26-/t39-,40?,41?/m1/s1. The molecule has 1 aliphatic heterocycles. The van der Waals surface area contributed by atoms with Gasteiger partial charge in [0.05, 0.1) is 18.8 Å². The average molecular weight is 761 g/mol. The molecule has 0 aromatic carbocycles. The van der Waals surface area contributed by atoms with Gasteiger partial charge in [-0.05, 0) is 83.5 Å². The molecule has 0 spiro atoms. The van der Waals surface area contributed by atoms with E-state index in [-0.39, 0.29) is 19.4 Å². The minimum Gasteiger partial charge on any atom is -0.462 e. The molecule has 3 atom stereocenters. The van der Waals surface area contributed by atoms with E-state index in [4.69, 9.17) is 24.0 Å². The van der Waals surface area contributed by atoms with E-state index in [2.05, 4.69) is 97.4 Å². The lowest BCUT2D eigenvalue weighted by Gasteiger charge is -2.18. The second kappa shape index (κ2) is 33.7. The van der Waals surface area contributed by atoms with E-state index >= 15 is 0 Å². The van der Waals surface area contributed by atoms with Crippen LogP contribution in [0, 0.1) is 0 Å². The van der Waals surface area contributed by atoms with E-state index < -0.39 is 32.5 Å².